The SMILES string of the molecule is CC1CCCC(N)(C(=O)N(CC(=O)O)C2CC2)C1. The van der Waals surface area contributed by atoms with E-state index < -0.39 is 11.5 Å². The molecule has 0 heterocycles. The van der Waals surface area contributed by atoms with Gasteiger partial charge in [0.15, 0.2) is 0 Å². The molecule has 1 amide bonds. The number of nitrogens with two attached hydrogens (primary N) is 1. The van der Waals surface area contributed by atoms with E-state index in [1.54, 1.807) is 0 Å². The van der Waals surface area contributed by atoms with Gasteiger partial charge in [-0.25, -0.2) is 0 Å². The summed E-state index contributed by atoms with van der Waals surface area (Å²) in [4.78, 5) is 24.9. The van der Waals surface area contributed by atoms with E-state index in [4.69, 9.17) is 10.8 Å². The second kappa shape index (κ2) is 4.88. The normalized spacial score (nSPS) is 32.0. The summed E-state index contributed by atoms with van der Waals surface area (Å²) in [6, 6.07) is 0.103. The van der Waals surface area contributed by atoms with Gasteiger partial charge in [0, 0.05) is 6.04 Å². The molecular weight excluding hydrogens is 232 g/mol. The first-order chi connectivity index (χ1) is 8.42. The fraction of sp³-hybridized carbons (Fsp3) is 0.846. The largest absolute Gasteiger partial charge is 0.480 e. The minimum absolute atomic E-state index is 0.103. The Bertz CT molecular complexity index is 354. The number of hydrogen-bond donors (Lipinski definition) is 2. The number of hydrogen-bond acceptors (Lipinski definition) is 3. The first-order valence-corrected chi connectivity index (χ1v) is 6.74. The maximum atomic E-state index is 12.5. The van der Waals surface area contributed by atoms with Crippen LogP contribution in [0.4, 0.5) is 0 Å². The molecule has 2 fully saturated rings. The van der Waals surface area contributed by atoms with Crippen molar-refractivity contribution >= 4 is 11.9 Å². The maximum Gasteiger partial charge on any atom is 0.323 e. The molecule has 3 N–H and O–H groups in total. The summed E-state index contributed by atoms with van der Waals surface area (Å²) in [5.74, 6) is -0.666. The number of carbonyl (C=O) groups is 2. The fourth-order valence-corrected chi connectivity index (χ4v) is 2.97. The summed E-state index contributed by atoms with van der Waals surface area (Å²) in [5.41, 5.74) is 5.41. The smallest absolute Gasteiger partial charge is 0.323 e. The molecule has 0 aromatic heterocycles. The summed E-state index contributed by atoms with van der Waals surface area (Å²) in [5, 5.41) is 8.91. The quantitative estimate of drug-likeness (QED) is 0.783. The Morgan fingerprint density at radius 1 is 1.39 bits per heavy atom. The molecule has 5 heteroatoms. The van der Waals surface area contributed by atoms with Gasteiger partial charge in [0.1, 0.15) is 6.54 Å². The summed E-state index contributed by atoms with van der Waals surface area (Å²) in [7, 11) is 0. The van der Waals surface area contributed by atoms with E-state index in [-0.39, 0.29) is 18.5 Å². The maximum absolute atomic E-state index is 12.5. The predicted octanol–water partition coefficient (Wildman–Crippen LogP) is 0.970. The predicted molar refractivity (Wildman–Crippen MR) is 66.9 cm³/mol. The highest BCUT2D eigenvalue weighted by molar-refractivity contribution is 5.89. The lowest BCUT2D eigenvalue weighted by Gasteiger charge is -2.38. The molecule has 18 heavy (non-hydrogen) atoms. The summed E-state index contributed by atoms with van der Waals surface area (Å²) in [6.45, 7) is 1.89. The fourth-order valence-electron chi connectivity index (χ4n) is 2.97. The van der Waals surface area contributed by atoms with Crippen LogP contribution in [0.1, 0.15) is 45.4 Å². The molecule has 0 spiro atoms. The number of nitrogens with zero attached hydrogens (tertiary/aromatic N) is 1. The zero-order valence-electron chi connectivity index (χ0n) is 10.9. The number of aliphatic carboxylic acids is 1. The van der Waals surface area contributed by atoms with E-state index in [0.29, 0.717) is 18.8 Å². The van der Waals surface area contributed by atoms with Crippen LogP contribution in [0.5, 0.6) is 0 Å². The van der Waals surface area contributed by atoms with Gasteiger partial charge in [-0.15, -0.1) is 0 Å². The highest BCUT2D eigenvalue weighted by Crippen LogP contribution is 2.35. The van der Waals surface area contributed by atoms with Crippen molar-refractivity contribution in [1.82, 2.24) is 4.90 Å². The van der Waals surface area contributed by atoms with Crippen LogP contribution in [0.3, 0.4) is 0 Å². The Labute approximate surface area is 107 Å². The van der Waals surface area contributed by atoms with E-state index in [1.165, 1.54) is 4.90 Å². The van der Waals surface area contributed by atoms with E-state index >= 15 is 0 Å². The van der Waals surface area contributed by atoms with Crippen molar-refractivity contribution in [3.8, 4) is 0 Å². The molecule has 0 bridgehead atoms. The lowest BCUT2D eigenvalue weighted by Crippen LogP contribution is -2.58. The zero-order chi connectivity index (χ0) is 13.3. The van der Waals surface area contributed by atoms with Crippen LogP contribution in [0.2, 0.25) is 0 Å². The molecule has 0 aliphatic heterocycles. The first kappa shape index (κ1) is 13.3. The lowest BCUT2D eigenvalue weighted by atomic mass is 9.76. The minimum atomic E-state index is -0.956. The Morgan fingerprint density at radius 2 is 2.06 bits per heavy atom. The summed E-state index contributed by atoms with van der Waals surface area (Å²) in [6.07, 6.45) is 5.23. The third-order valence-corrected chi connectivity index (χ3v) is 4.01. The molecule has 0 radical (unpaired) electrons. The molecule has 2 aliphatic rings. The van der Waals surface area contributed by atoms with Gasteiger partial charge in [-0.3, -0.25) is 9.59 Å². The highest BCUT2D eigenvalue weighted by atomic mass is 16.4. The molecule has 0 saturated heterocycles. The molecule has 2 aliphatic carbocycles. The van der Waals surface area contributed by atoms with Crippen molar-refractivity contribution in [3.05, 3.63) is 0 Å². The molecule has 2 saturated carbocycles. The van der Waals surface area contributed by atoms with E-state index in [0.717, 1.165) is 25.7 Å². The second-order valence-electron chi connectivity index (χ2n) is 5.92. The second-order valence-corrected chi connectivity index (χ2v) is 5.92. The van der Waals surface area contributed by atoms with E-state index in [2.05, 4.69) is 6.92 Å². The lowest BCUT2D eigenvalue weighted by molar-refractivity contribution is -0.148. The van der Waals surface area contributed by atoms with Crippen molar-refractivity contribution in [2.24, 2.45) is 11.7 Å². The molecule has 102 valence electrons. The number of carboxylic acid groups (broad SMARTS) is 1. The van der Waals surface area contributed by atoms with Crippen molar-refractivity contribution in [2.45, 2.75) is 57.0 Å². The molecule has 2 rings (SSSR count). The topological polar surface area (TPSA) is 83.6 Å². The Kier molecular flexibility index (Phi) is 3.61. The van der Waals surface area contributed by atoms with Gasteiger partial charge >= 0.3 is 5.97 Å². The Morgan fingerprint density at radius 3 is 2.56 bits per heavy atom. The first-order valence-electron chi connectivity index (χ1n) is 6.74. The number of carboxylic acids is 1. The third kappa shape index (κ3) is 2.83. The van der Waals surface area contributed by atoms with Gasteiger partial charge in [0.05, 0.1) is 5.54 Å². The van der Waals surface area contributed by atoms with Crippen LogP contribution in [0.25, 0.3) is 0 Å². The van der Waals surface area contributed by atoms with Gasteiger partial charge < -0.3 is 15.7 Å². The van der Waals surface area contributed by atoms with Crippen LogP contribution in [-0.4, -0.2) is 40.0 Å². The van der Waals surface area contributed by atoms with Crippen LogP contribution in [0, 0.1) is 5.92 Å². The summed E-state index contributed by atoms with van der Waals surface area (Å²) < 4.78 is 0. The van der Waals surface area contributed by atoms with Crippen LogP contribution < -0.4 is 5.73 Å². The van der Waals surface area contributed by atoms with Gasteiger partial charge in [-0.05, 0) is 31.6 Å². The number of amides is 1. The highest BCUT2D eigenvalue weighted by Gasteiger charge is 2.45. The van der Waals surface area contributed by atoms with E-state index in [1.807, 2.05) is 0 Å². The molecule has 2 atom stereocenters. The van der Waals surface area contributed by atoms with Gasteiger partial charge in [-0.2, -0.15) is 0 Å². The average molecular weight is 254 g/mol. The minimum Gasteiger partial charge on any atom is -0.480 e. The summed E-state index contributed by atoms with van der Waals surface area (Å²) >= 11 is 0. The average Bonchev–Trinajstić information content (AvgIpc) is 3.08. The molecule has 0 aromatic rings. The van der Waals surface area contributed by atoms with Crippen molar-refractivity contribution in [1.29, 1.82) is 0 Å². The van der Waals surface area contributed by atoms with Crippen molar-refractivity contribution in [2.75, 3.05) is 6.54 Å². The van der Waals surface area contributed by atoms with Gasteiger partial charge in [0.25, 0.3) is 0 Å². The van der Waals surface area contributed by atoms with E-state index in [9.17, 15) is 9.59 Å². The van der Waals surface area contributed by atoms with Crippen molar-refractivity contribution < 1.29 is 14.7 Å². The van der Waals surface area contributed by atoms with Gasteiger partial charge in [0.2, 0.25) is 5.91 Å². The van der Waals surface area contributed by atoms with Crippen LogP contribution in [-0.2, 0) is 9.59 Å². The van der Waals surface area contributed by atoms with Crippen LogP contribution in [0.15, 0.2) is 0 Å². The van der Waals surface area contributed by atoms with Crippen LogP contribution >= 0.6 is 0 Å². The monoisotopic (exact) mass is 254 g/mol. The molecule has 5 nitrogen and oxygen atoms in total. The number of carbonyl (C=O) groups excluding carboxylic acids is 1. The Hall–Kier alpha value is -1.10. The molecule has 0 aromatic carbocycles. The number of rotatable bonds is 4. The molecule has 2 unspecified atom stereocenters. The standard InChI is InChI=1S/C13H22N2O3/c1-9-3-2-6-13(14,7-9)12(18)15(8-11(16)17)10-4-5-10/h9-10H,2-8,14H2,1H3,(H,16,17). The zero-order valence-corrected chi connectivity index (χ0v) is 10.9. The third-order valence-electron chi connectivity index (χ3n) is 4.01. The van der Waals surface area contributed by atoms with Crippen molar-refractivity contribution in [3.63, 3.8) is 0 Å². The van der Waals surface area contributed by atoms with Gasteiger partial charge in [-0.1, -0.05) is 19.8 Å². The Balaban J connectivity index is 2.09. The molecular formula is C13H22N2O3.